The Hall–Kier alpha value is -2.14. The van der Waals surface area contributed by atoms with Crippen LogP contribution >= 0.6 is 11.3 Å². The van der Waals surface area contributed by atoms with Crippen molar-refractivity contribution in [3.63, 3.8) is 0 Å². The summed E-state index contributed by atoms with van der Waals surface area (Å²) in [6.45, 7) is 3.63. The number of likely N-dealkylation sites (tertiary alicyclic amines) is 1. The molecule has 1 aromatic heterocycles. The molecule has 0 bridgehead atoms. The van der Waals surface area contributed by atoms with Gasteiger partial charge in [0.1, 0.15) is 0 Å². The Morgan fingerprint density at radius 3 is 2.50 bits per heavy atom. The van der Waals surface area contributed by atoms with Crippen LogP contribution in [0.25, 0.3) is 0 Å². The lowest BCUT2D eigenvalue weighted by Crippen LogP contribution is -2.56. The average molecular weight is 314 g/mol. The molecule has 0 unspecified atom stereocenters. The van der Waals surface area contributed by atoms with E-state index in [2.05, 4.69) is 0 Å². The number of nitrogens with zero attached hydrogens (tertiary/aromatic N) is 2. The summed E-state index contributed by atoms with van der Waals surface area (Å²) in [6.07, 6.45) is 0. The Bertz CT molecular complexity index is 649. The van der Waals surface area contributed by atoms with Crippen LogP contribution in [0.15, 0.2) is 47.8 Å². The zero-order valence-corrected chi connectivity index (χ0v) is 13.3. The van der Waals surface area contributed by atoms with Crippen LogP contribution in [0.4, 0.5) is 5.69 Å². The Morgan fingerprint density at radius 2 is 1.91 bits per heavy atom. The number of carbonyl (C=O) groups excluding carboxylic acids is 2. The van der Waals surface area contributed by atoms with E-state index in [0.29, 0.717) is 19.6 Å². The second-order valence-electron chi connectivity index (χ2n) is 5.30. The third-order valence-electron chi connectivity index (χ3n) is 3.90. The fraction of sp³-hybridized carbons (Fsp3) is 0.294. The van der Waals surface area contributed by atoms with Gasteiger partial charge < -0.3 is 9.80 Å². The molecule has 1 fully saturated rings. The third-order valence-corrected chi connectivity index (χ3v) is 4.76. The molecular weight excluding hydrogens is 296 g/mol. The topological polar surface area (TPSA) is 40.6 Å². The van der Waals surface area contributed by atoms with Crippen LogP contribution in [-0.2, 0) is 4.79 Å². The number of hydrogen-bond acceptors (Lipinski definition) is 3. The Morgan fingerprint density at radius 1 is 1.18 bits per heavy atom. The predicted octanol–water partition coefficient (Wildman–Crippen LogP) is 2.87. The van der Waals surface area contributed by atoms with Gasteiger partial charge in [0.2, 0.25) is 5.91 Å². The standard InChI is InChI=1S/C17H18N2O2S/c1-2-19(14-7-4-3-5-8-14)16(20)13-11-18(12-13)17(21)15-9-6-10-22-15/h3-10,13H,2,11-12H2,1H3. The molecule has 1 aromatic carbocycles. The van der Waals surface area contributed by atoms with E-state index in [4.69, 9.17) is 0 Å². The van der Waals surface area contributed by atoms with E-state index in [1.807, 2.05) is 54.8 Å². The molecule has 2 amide bonds. The first-order valence-electron chi connectivity index (χ1n) is 7.40. The van der Waals surface area contributed by atoms with Crippen LogP contribution in [0.5, 0.6) is 0 Å². The minimum Gasteiger partial charge on any atom is -0.336 e. The van der Waals surface area contributed by atoms with Gasteiger partial charge in [-0.15, -0.1) is 11.3 Å². The molecule has 1 aliphatic rings. The molecule has 0 saturated carbocycles. The SMILES string of the molecule is CCN(C(=O)C1CN(C(=O)c2cccs2)C1)c1ccccc1. The third kappa shape index (κ3) is 2.76. The highest BCUT2D eigenvalue weighted by molar-refractivity contribution is 7.12. The fourth-order valence-electron chi connectivity index (χ4n) is 2.65. The number of rotatable bonds is 4. The Balaban J connectivity index is 1.62. The number of thiophene rings is 1. The fourth-order valence-corrected chi connectivity index (χ4v) is 3.34. The highest BCUT2D eigenvalue weighted by Crippen LogP contribution is 2.25. The van der Waals surface area contributed by atoms with Crippen molar-refractivity contribution in [3.8, 4) is 0 Å². The molecule has 114 valence electrons. The zero-order valence-electron chi connectivity index (χ0n) is 12.4. The molecular formula is C17H18N2O2S. The van der Waals surface area contributed by atoms with Gasteiger partial charge in [0.25, 0.3) is 5.91 Å². The summed E-state index contributed by atoms with van der Waals surface area (Å²) in [7, 11) is 0. The summed E-state index contributed by atoms with van der Waals surface area (Å²) in [5, 5.41) is 1.89. The molecule has 2 aromatic rings. The summed E-state index contributed by atoms with van der Waals surface area (Å²) in [4.78, 5) is 29.0. The van der Waals surface area contributed by atoms with Gasteiger partial charge in [0.15, 0.2) is 0 Å². The van der Waals surface area contributed by atoms with Gasteiger partial charge in [-0.1, -0.05) is 24.3 Å². The molecule has 4 nitrogen and oxygen atoms in total. The van der Waals surface area contributed by atoms with Gasteiger partial charge in [-0.2, -0.15) is 0 Å². The second-order valence-corrected chi connectivity index (χ2v) is 6.25. The number of anilines is 1. The van der Waals surface area contributed by atoms with Crippen LogP contribution < -0.4 is 4.90 Å². The van der Waals surface area contributed by atoms with Gasteiger partial charge in [-0.3, -0.25) is 9.59 Å². The van der Waals surface area contributed by atoms with Crippen LogP contribution in [0.1, 0.15) is 16.6 Å². The van der Waals surface area contributed by atoms with Gasteiger partial charge in [-0.05, 0) is 30.5 Å². The second kappa shape index (κ2) is 6.32. The smallest absolute Gasteiger partial charge is 0.263 e. The monoisotopic (exact) mass is 314 g/mol. The molecule has 1 saturated heterocycles. The van der Waals surface area contributed by atoms with Gasteiger partial charge in [0, 0.05) is 25.3 Å². The lowest BCUT2D eigenvalue weighted by atomic mass is 9.97. The van der Waals surface area contributed by atoms with E-state index >= 15 is 0 Å². The summed E-state index contributed by atoms with van der Waals surface area (Å²) >= 11 is 1.44. The quantitative estimate of drug-likeness (QED) is 0.870. The number of para-hydroxylation sites is 1. The first kappa shape index (κ1) is 14.8. The van der Waals surface area contributed by atoms with E-state index in [9.17, 15) is 9.59 Å². The number of benzene rings is 1. The molecule has 2 heterocycles. The molecule has 0 N–H and O–H groups in total. The van der Waals surface area contributed by atoms with Crippen molar-refractivity contribution in [3.05, 3.63) is 52.7 Å². The van der Waals surface area contributed by atoms with Gasteiger partial charge in [0.05, 0.1) is 10.8 Å². The van der Waals surface area contributed by atoms with Crippen molar-refractivity contribution in [1.82, 2.24) is 4.90 Å². The minimum absolute atomic E-state index is 0.0295. The highest BCUT2D eigenvalue weighted by atomic mass is 32.1. The van der Waals surface area contributed by atoms with Crippen molar-refractivity contribution in [2.75, 3.05) is 24.5 Å². The largest absolute Gasteiger partial charge is 0.336 e. The minimum atomic E-state index is -0.0935. The normalized spacial score (nSPS) is 14.5. The summed E-state index contributed by atoms with van der Waals surface area (Å²) < 4.78 is 0. The van der Waals surface area contributed by atoms with Gasteiger partial charge in [-0.25, -0.2) is 0 Å². The van der Waals surface area contributed by atoms with Crippen molar-refractivity contribution < 1.29 is 9.59 Å². The molecule has 1 aliphatic heterocycles. The summed E-state index contributed by atoms with van der Waals surface area (Å²) in [5.74, 6) is 0.0369. The zero-order chi connectivity index (χ0) is 15.5. The van der Waals surface area contributed by atoms with Crippen LogP contribution in [0, 0.1) is 5.92 Å². The first-order chi connectivity index (χ1) is 10.7. The lowest BCUT2D eigenvalue weighted by molar-refractivity contribution is -0.126. The van der Waals surface area contributed by atoms with E-state index in [1.165, 1.54) is 11.3 Å². The van der Waals surface area contributed by atoms with Crippen molar-refractivity contribution in [2.45, 2.75) is 6.92 Å². The van der Waals surface area contributed by atoms with Crippen LogP contribution in [-0.4, -0.2) is 36.3 Å². The van der Waals surface area contributed by atoms with E-state index in [0.717, 1.165) is 10.6 Å². The molecule has 0 spiro atoms. The molecule has 0 aliphatic carbocycles. The molecule has 0 atom stereocenters. The molecule has 3 rings (SSSR count). The maximum atomic E-state index is 12.6. The van der Waals surface area contributed by atoms with Crippen molar-refractivity contribution in [1.29, 1.82) is 0 Å². The van der Waals surface area contributed by atoms with Crippen LogP contribution in [0.2, 0.25) is 0 Å². The molecule has 0 radical (unpaired) electrons. The van der Waals surface area contributed by atoms with Crippen molar-refractivity contribution >= 4 is 28.8 Å². The number of carbonyl (C=O) groups is 2. The number of amides is 2. The van der Waals surface area contributed by atoms with Gasteiger partial charge >= 0.3 is 0 Å². The summed E-state index contributed by atoms with van der Waals surface area (Å²) in [6, 6.07) is 13.4. The number of hydrogen-bond donors (Lipinski definition) is 0. The maximum Gasteiger partial charge on any atom is 0.263 e. The highest BCUT2D eigenvalue weighted by Gasteiger charge is 2.38. The summed E-state index contributed by atoms with van der Waals surface area (Å²) in [5.41, 5.74) is 0.915. The Kier molecular flexibility index (Phi) is 4.24. The van der Waals surface area contributed by atoms with Crippen LogP contribution in [0.3, 0.4) is 0 Å². The van der Waals surface area contributed by atoms with Crippen molar-refractivity contribution in [2.24, 2.45) is 5.92 Å². The predicted molar refractivity (Wildman–Crippen MR) is 88.2 cm³/mol. The Labute approximate surface area is 134 Å². The van der Waals surface area contributed by atoms with E-state index in [-0.39, 0.29) is 17.7 Å². The molecule has 5 heteroatoms. The van der Waals surface area contributed by atoms with E-state index < -0.39 is 0 Å². The maximum absolute atomic E-state index is 12.6. The van der Waals surface area contributed by atoms with E-state index in [1.54, 1.807) is 9.80 Å². The average Bonchev–Trinajstić information content (AvgIpc) is 3.02. The first-order valence-corrected chi connectivity index (χ1v) is 8.28. The molecule has 22 heavy (non-hydrogen) atoms. The lowest BCUT2D eigenvalue weighted by Gasteiger charge is -2.40.